The summed E-state index contributed by atoms with van der Waals surface area (Å²) in [5, 5.41) is 0. The SMILES string of the molecule is COC(=O)c1cc(Oc2cccc(C(C)C)c2)ccc1N. The number of ether oxygens (including phenoxy) is 2. The van der Waals surface area contributed by atoms with Crippen molar-refractivity contribution in [1.82, 2.24) is 0 Å². The molecule has 0 aliphatic carbocycles. The average Bonchev–Trinajstić information content (AvgIpc) is 2.48. The number of methoxy groups -OCH3 is 1. The molecule has 0 radical (unpaired) electrons. The summed E-state index contributed by atoms with van der Waals surface area (Å²) in [5.41, 5.74) is 7.62. The summed E-state index contributed by atoms with van der Waals surface area (Å²) in [6, 6.07) is 12.8. The second-order valence-corrected chi connectivity index (χ2v) is 5.07. The van der Waals surface area contributed by atoms with Crippen LogP contribution in [0.2, 0.25) is 0 Å². The summed E-state index contributed by atoms with van der Waals surface area (Å²) < 4.78 is 10.5. The Bertz CT molecular complexity index is 650. The molecule has 0 aliphatic heterocycles. The summed E-state index contributed by atoms with van der Waals surface area (Å²) in [6.07, 6.45) is 0. The Morgan fingerprint density at radius 3 is 2.48 bits per heavy atom. The van der Waals surface area contributed by atoms with Crippen LogP contribution in [0.25, 0.3) is 0 Å². The van der Waals surface area contributed by atoms with Gasteiger partial charge in [0.25, 0.3) is 0 Å². The summed E-state index contributed by atoms with van der Waals surface area (Å²) >= 11 is 0. The van der Waals surface area contributed by atoms with Crippen LogP contribution in [0.3, 0.4) is 0 Å². The fraction of sp³-hybridized carbons (Fsp3) is 0.235. The Kier molecular flexibility index (Phi) is 4.48. The van der Waals surface area contributed by atoms with E-state index in [9.17, 15) is 4.79 Å². The first-order valence-electron chi connectivity index (χ1n) is 6.77. The van der Waals surface area contributed by atoms with Crippen LogP contribution >= 0.6 is 0 Å². The zero-order valence-corrected chi connectivity index (χ0v) is 12.4. The minimum absolute atomic E-state index is 0.301. The molecule has 2 aromatic carbocycles. The molecule has 4 heteroatoms. The van der Waals surface area contributed by atoms with Crippen molar-refractivity contribution in [3.63, 3.8) is 0 Å². The number of anilines is 1. The normalized spacial score (nSPS) is 10.5. The summed E-state index contributed by atoms with van der Waals surface area (Å²) in [7, 11) is 1.32. The highest BCUT2D eigenvalue weighted by Crippen LogP contribution is 2.27. The number of nitrogens with two attached hydrogens (primary N) is 1. The molecule has 2 N–H and O–H groups in total. The maximum absolute atomic E-state index is 11.6. The maximum atomic E-state index is 11.6. The van der Waals surface area contributed by atoms with Gasteiger partial charge in [0.2, 0.25) is 0 Å². The fourth-order valence-corrected chi connectivity index (χ4v) is 1.96. The van der Waals surface area contributed by atoms with Crippen molar-refractivity contribution in [2.75, 3.05) is 12.8 Å². The smallest absolute Gasteiger partial charge is 0.340 e. The van der Waals surface area contributed by atoms with Gasteiger partial charge in [-0.3, -0.25) is 0 Å². The maximum Gasteiger partial charge on any atom is 0.340 e. The van der Waals surface area contributed by atoms with Gasteiger partial charge in [0, 0.05) is 5.69 Å². The summed E-state index contributed by atoms with van der Waals surface area (Å²) in [5.74, 6) is 1.21. The van der Waals surface area contributed by atoms with Crippen LogP contribution in [0.1, 0.15) is 35.7 Å². The minimum Gasteiger partial charge on any atom is -0.465 e. The lowest BCUT2D eigenvalue weighted by Crippen LogP contribution is -2.05. The molecule has 2 rings (SSSR count). The topological polar surface area (TPSA) is 61.5 Å². The molecule has 0 aromatic heterocycles. The fourth-order valence-electron chi connectivity index (χ4n) is 1.96. The van der Waals surface area contributed by atoms with Gasteiger partial charge >= 0.3 is 5.97 Å². The number of benzene rings is 2. The van der Waals surface area contributed by atoms with Gasteiger partial charge in [-0.25, -0.2) is 4.79 Å². The van der Waals surface area contributed by atoms with Gasteiger partial charge in [0.05, 0.1) is 12.7 Å². The van der Waals surface area contributed by atoms with Crippen molar-refractivity contribution in [3.8, 4) is 11.5 Å². The van der Waals surface area contributed by atoms with Gasteiger partial charge < -0.3 is 15.2 Å². The molecule has 0 amide bonds. The van der Waals surface area contributed by atoms with E-state index in [0.29, 0.717) is 22.9 Å². The van der Waals surface area contributed by atoms with E-state index in [0.717, 1.165) is 5.75 Å². The zero-order chi connectivity index (χ0) is 15.4. The van der Waals surface area contributed by atoms with Crippen molar-refractivity contribution in [3.05, 3.63) is 53.6 Å². The first-order valence-corrected chi connectivity index (χ1v) is 6.77. The first kappa shape index (κ1) is 14.9. The van der Waals surface area contributed by atoms with Crippen molar-refractivity contribution in [1.29, 1.82) is 0 Å². The van der Waals surface area contributed by atoms with Crippen LogP contribution in [-0.4, -0.2) is 13.1 Å². The number of carbonyl (C=O) groups is 1. The van der Waals surface area contributed by atoms with Crippen LogP contribution < -0.4 is 10.5 Å². The molecule has 0 atom stereocenters. The monoisotopic (exact) mass is 285 g/mol. The van der Waals surface area contributed by atoms with Crippen LogP contribution in [-0.2, 0) is 4.74 Å². The average molecular weight is 285 g/mol. The largest absolute Gasteiger partial charge is 0.465 e. The molecule has 0 heterocycles. The molecule has 4 nitrogen and oxygen atoms in total. The van der Waals surface area contributed by atoms with Crippen molar-refractivity contribution in [2.45, 2.75) is 19.8 Å². The Hall–Kier alpha value is -2.49. The number of hydrogen-bond donors (Lipinski definition) is 1. The van der Waals surface area contributed by atoms with E-state index in [-0.39, 0.29) is 0 Å². The Balaban J connectivity index is 2.27. The molecule has 0 aliphatic rings. The number of rotatable bonds is 4. The van der Waals surface area contributed by atoms with E-state index in [2.05, 4.69) is 19.9 Å². The molecule has 2 aromatic rings. The second kappa shape index (κ2) is 6.31. The van der Waals surface area contributed by atoms with Crippen molar-refractivity contribution >= 4 is 11.7 Å². The van der Waals surface area contributed by atoms with Crippen LogP contribution in [0.5, 0.6) is 11.5 Å². The van der Waals surface area contributed by atoms with E-state index in [4.69, 9.17) is 15.2 Å². The van der Waals surface area contributed by atoms with E-state index in [1.165, 1.54) is 12.7 Å². The van der Waals surface area contributed by atoms with Gasteiger partial charge in [-0.15, -0.1) is 0 Å². The first-order chi connectivity index (χ1) is 10.0. The second-order valence-electron chi connectivity index (χ2n) is 5.07. The highest BCUT2D eigenvalue weighted by atomic mass is 16.5. The van der Waals surface area contributed by atoms with E-state index in [1.54, 1.807) is 18.2 Å². The minimum atomic E-state index is -0.478. The van der Waals surface area contributed by atoms with Gasteiger partial charge in [0.1, 0.15) is 11.5 Å². The van der Waals surface area contributed by atoms with Crippen molar-refractivity contribution in [2.24, 2.45) is 0 Å². The van der Waals surface area contributed by atoms with Gasteiger partial charge in [-0.1, -0.05) is 26.0 Å². The third-order valence-corrected chi connectivity index (χ3v) is 3.19. The number of esters is 1. The molecule has 110 valence electrons. The Morgan fingerprint density at radius 2 is 1.81 bits per heavy atom. The zero-order valence-electron chi connectivity index (χ0n) is 12.4. The number of hydrogen-bond acceptors (Lipinski definition) is 4. The quantitative estimate of drug-likeness (QED) is 0.682. The third kappa shape index (κ3) is 3.54. The number of carbonyl (C=O) groups excluding carboxylic acids is 1. The van der Waals surface area contributed by atoms with Crippen LogP contribution in [0, 0.1) is 0 Å². The predicted octanol–water partition coefficient (Wildman–Crippen LogP) is 3.97. The standard InChI is InChI=1S/C17H19NO3/c1-11(2)12-5-4-6-13(9-12)21-14-7-8-16(18)15(10-14)17(19)20-3/h4-11H,18H2,1-3H3. The molecule has 0 saturated heterocycles. The highest BCUT2D eigenvalue weighted by molar-refractivity contribution is 5.95. The molecule has 0 saturated carbocycles. The van der Waals surface area contributed by atoms with E-state index in [1.807, 2.05) is 18.2 Å². The van der Waals surface area contributed by atoms with Gasteiger partial charge in [-0.05, 0) is 41.8 Å². The van der Waals surface area contributed by atoms with Crippen molar-refractivity contribution < 1.29 is 14.3 Å². The molecule has 21 heavy (non-hydrogen) atoms. The summed E-state index contributed by atoms with van der Waals surface area (Å²) in [4.78, 5) is 11.6. The van der Waals surface area contributed by atoms with E-state index < -0.39 is 5.97 Å². The van der Waals surface area contributed by atoms with Crippen LogP contribution in [0.15, 0.2) is 42.5 Å². The van der Waals surface area contributed by atoms with Crippen LogP contribution in [0.4, 0.5) is 5.69 Å². The lowest BCUT2D eigenvalue weighted by Gasteiger charge is -2.11. The summed E-state index contributed by atoms with van der Waals surface area (Å²) in [6.45, 7) is 4.25. The predicted molar refractivity (Wildman–Crippen MR) is 82.8 cm³/mol. The molecular formula is C17H19NO3. The highest BCUT2D eigenvalue weighted by Gasteiger charge is 2.12. The molecule has 0 bridgehead atoms. The molecule has 0 spiro atoms. The third-order valence-electron chi connectivity index (χ3n) is 3.19. The van der Waals surface area contributed by atoms with Gasteiger partial charge in [-0.2, -0.15) is 0 Å². The molecule has 0 unspecified atom stereocenters. The Labute approximate surface area is 124 Å². The Morgan fingerprint density at radius 1 is 1.10 bits per heavy atom. The molecular weight excluding hydrogens is 266 g/mol. The molecule has 0 fully saturated rings. The lowest BCUT2D eigenvalue weighted by atomic mass is 10.0. The van der Waals surface area contributed by atoms with Gasteiger partial charge in [0.15, 0.2) is 0 Å². The lowest BCUT2D eigenvalue weighted by molar-refractivity contribution is 0.0601. The van der Waals surface area contributed by atoms with E-state index >= 15 is 0 Å². The number of nitrogen functional groups attached to an aromatic ring is 1.